The molecule has 1 aromatic carbocycles. The van der Waals surface area contributed by atoms with Crippen molar-refractivity contribution in [3.05, 3.63) is 36.4 Å². The van der Waals surface area contributed by atoms with Crippen molar-refractivity contribution in [3.8, 4) is 17.0 Å². The van der Waals surface area contributed by atoms with E-state index in [1.165, 1.54) is 28.0 Å². The third-order valence-corrected chi connectivity index (χ3v) is 3.57. The molecular weight excluding hydrogens is 351 g/mol. The second kappa shape index (κ2) is 6.98. The molecule has 136 valence electrons. The Bertz CT molecular complexity index is 958. The van der Waals surface area contributed by atoms with Crippen LogP contribution in [0.3, 0.4) is 0 Å². The Balaban J connectivity index is 2.00. The SMILES string of the molecule is CN(C)C(=O)Cn1ncc2ncc(-c3ccc(F)c(OC(F)F)c3)nc21. The molecule has 0 saturated heterocycles. The number of carbonyl (C=O) groups is 1. The maximum atomic E-state index is 13.6. The van der Waals surface area contributed by atoms with E-state index >= 15 is 0 Å². The fourth-order valence-electron chi connectivity index (χ4n) is 2.22. The Kier molecular flexibility index (Phi) is 4.74. The second-order valence-corrected chi connectivity index (χ2v) is 5.58. The van der Waals surface area contributed by atoms with Crippen molar-refractivity contribution < 1.29 is 22.7 Å². The van der Waals surface area contributed by atoms with Gasteiger partial charge < -0.3 is 9.64 Å². The topological polar surface area (TPSA) is 73.1 Å². The van der Waals surface area contributed by atoms with Crippen LogP contribution in [0, 0.1) is 5.82 Å². The van der Waals surface area contributed by atoms with Crippen LogP contribution in [-0.2, 0) is 11.3 Å². The molecule has 26 heavy (non-hydrogen) atoms. The number of hydrogen-bond acceptors (Lipinski definition) is 5. The van der Waals surface area contributed by atoms with Crippen molar-refractivity contribution in [2.45, 2.75) is 13.2 Å². The fourth-order valence-corrected chi connectivity index (χ4v) is 2.22. The van der Waals surface area contributed by atoms with Crippen LogP contribution in [0.5, 0.6) is 5.75 Å². The number of ether oxygens (including phenoxy) is 1. The van der Waals surface area contributed by atoms with Gasteiger partial charge in [-0.2, -0.15) is 13.9 Å². The summed E-state index contributed by atoms with van der Waals surface area (Å²) in [7, 11) is 3.24. The van der Waals surface area contributed by atoms with Gasteiger partial charge in [-0.25, -0.2) is 19.0 Å². The smallest absolute Gasteiger partial charge is 0.387 e. The van der Waals surface area contributed by atoms with Crippen molar-refractivity contribution >= 4 is 17.1 Å². The number of carbonyl (C=O) groups excluding carboxylic acids is 1. The van der Waals surface area contributed by atoms with Gasteiger partial charge in [0.05, 0.1) is 18.1 Å². The van der Waals surface area contributed by atoms with E-state index in [1.54, 1.807) is 14.1 Å². The number of likely N-dealkylation sites (N-methyl/N-ethyl adjacent to an activating group) is 1. The molecule has 1 amide bonds. The average molecular weight is 365 g/mol. The van der Waals surface area contributed by atoms with Crippen LogP contribution in [0.1, 0.15) is 0 Å². The van der Waals surface area contributed by atoms with Crippen LogP contribution >= 0.6 is 0 Å². The molecule has 0 aliphatic rings. The predicted octanol–water partition coefficient (Wildman–Crippen LogP) is 2.32. The van der Waals surface area contributed by atoms with Gasteiger partial charge in [0.25, 0.3) is 0 Å². The number of aromatic nitrogens is 4. The first-order valence-corrected chi connectivity index (χ1v) is 7.48. The highest BCUT2D eigenvalue weighted by Gasteiger charge is 2.15. The zero-order chi connectivity index (χ0) is 18.8. The number of amides is 1. The van der Waals surface area contributed by atoms with E-state index in [-0.39, 0.29) is 12.5 Å². The quantitative estimate of drug-likeness (QED) is 0.694. The lowest BCUT2D eigenvalue weighted by Gasteiger charge is -2.10. The fraction of sp³-hybridized carbons (Fsp3) is 0.250. The minimum atomic E-state index is -3.15. The first-order chi connectivity index (χ1) is 12.3. The minimum absolute atomic E-state index is 0.0300. The van der Waals surface area contributed by atoms with E-state index in [1.807, 2.05) is 0 Å². The average Bonchev–Trinajstić information content (AvgIpc) is 2.98. The lowest BCUT2D eigenvalue weighted by Crippen LogP contribution is -2.26. The van der Waals surface area contributed by atoms with Gasteiger partial charge in [-0.05, 0) is 18.2 Å². The van der Waals surface area contributed by atoms with E-state index in [9.17, 15) is 18.0 Å². The van der Waals surface area contributed by atoms with Crippen LogP contribution < -0.4 is 4.74 Å². The maximum Gasteiger partial charge on any atom is 0.387 e. The molecule has 0 aliphatic carbocycles. The number of alkyl halides is 2. The molecule has 2 aromatic heterocycles. The van der Waals surface area contributed by atoms with Crippen LogP contribution in [0.15, 0.2) is 30.6 Å². The Hall–Kier alpha value is -3.17. The van der Waals surface area contributed by atoms with Crippen molar-refractivity contribution in [3.63, 3.8) is 0 Å². The van der Waals surface area contributed by atoms with Crippen molar-refractivity contribution in [1.82, 2.24) is 24.6 Å². The predicted molar refractivity (Wildman–Crippen MR) is 86.0 cm³/mol. The Morgan fingerprint density at radius 2 is 2.08 bits per heavy atom. The van der Waals surface area contributed by atoms with Crippen LogP contribution in [-0.4, -0.2) is 51.3 Å². The van der Waals surface area contributed by atoms with Crippen LogP contribution in [0.4, 0.5) is 13.2 Å². The van der Waals surface area contributed by atoms with E-state index in [4.69, 9.17) is 0 Å². The number of benzene rings is 1. The molecule has 0 radical (unpaired) electrons. The van der Waals surface area contributed by atoms with E-state index in [2.05, 4.69) is 19.8 Å². The van der Waals surface area contributed by atoms with Gasteiger partial charge >= 0.3 is 6.61 Å². The van der Waals surface area contributed by atoms with Gasteiger partial charge in [0, 0.05) is 19.7 Å². The minimum Gasteiger partial charge on any atom is -0.432 e. The molecule has 0 N–H and O–H groups in total. The summed E-state index contributed by atoms with van der Waals surface area (Å²) in [5.74, 6) is -1.68. The van der Waals surface area contributed by atoms with Crippen molar-refractivity contribution in [1.29, 1.82) is 0 Å². The molecular formula is C16H14F3N5O2. The van der Waals surface area contributed by atoms with E-state index in [0.29, 0.717) is 22.4 Å². The zero-order valence-corrected chi connectivity index (χ0v) is 13.9. The summed E-state index contributed by atoms with van der Waals surface area (Å²) in [6.07, 6.45) is 2.87. The normalized spacial score (nSPS) is 11.2. The van der Waals surface area contributed by atoms with Crippen LogP contribution in [0.25, 0.3) is 22.4 Å². The third-order valence-electron chi connectivity index (χ3n) is 3.57. The first kappa shape index (κ1) is 17.6. The Morgan fingerprint density at radius 3 is 2.77 bits per heavy atom. The highest BCUT2D eigenvalue weighted by Crippen LogP contribution is 2.27. The maximum absolute atomic E-state index is 13.6. The van der Waals surface area contributed by atoms with Crippen molar-refractivity contribution in [2.75, 3.05) is 14.1 Å². The standard InChI is InChI=1S/C16H14F3N5O2/c1-23(2)14(25)8-24-15-12(7-21-24)20-6-11(22-15)9-3-4-10(17)13(5-9)26-16(18)19/h3-7,16H,8H2,1-2H3. The van der Waals surface area contributed by atoms with Crippen molar-refractivity contribution in [2.24, 2.45) is 0 Å². The van der Waals surface area contributed by atoms with Gasteiger partial charge in [0.1, 0.15) is 12.1 Å². The lowest BCUT2D eigenvalue weighted by molar-refractivity contribution is -0.129. The van der Waals surface area contributed by atoms with Crippen LogP contribution in [0.2, 0.25) is 0 Å². The summed E-state index contributed by atoms with van der Waals surface area (Å²) in [6, 6.07) is 3.49. The molecule has 0 bridgehead atoms. The third kappa shape index (κ3) is 3.58. The molecule has 0 spiro atoms. The largest absolute Gasteiger partial charge is 0.432 e. The molecule has 7 nitrogen and oxygen atoms in total. The summed E-state index contributed by atoms with van der Waals surface area (Å²) in [5.41, 5.74) is 1.45. The van der Waals surface area contributed by atoms with E-state index < -0.39 is 18.2 Å². The zero-order valence-electron chi connectivity index (χ0n) is 13.9. The highest BCUT2D eigenvalue weighted by atomic mass is 19.3. The van der Waals surface area contributed by atoms with Gasteiger partial charge in [-0.15, -0.1) is 0 Å². The molecule has 0 saturated carbocycles. The molecule has 3 rings (SSSR count). The Labute approximate surface area is 146 Å². The lowest BCUT2D eigenvalue weighted by atomic mass is 10.1. The molecule has 0 aliphatic heterocycles. The number of hydrogen-bond donors (Lipinski definition) is 0. The van der Waals surface area contributed by atoms with E-state index in [0.717, 1.165) is 12.1 Å². The van der Waals surface area contributed by atoms with Gasteiger partial charge in [0.15, 0.2) is 17.2 Å². The summed E-state index contributed by atoms with van der Waals surface area (Å²) in [5, 5.41) is 4.08. The molecule has 2 heterocycles. The molecule has 0 unspecified atom stereocenters. The number of rotatable bonds is 5. The van der Waals surface area contributed by atoms with Gasteiger partial charge in [-0.1, -0.05) is 0 Å². The number of fused-ring (bicyclic) bond motifs is 1. The summed E-state index contributed by atoms with van der Waals surface area (Å²) in [4.78, 5) is 21.9. The first-order valence-electron chi connectivity index (χ1n) is 7.48. The summed E-state index contributed by atoms with van der Waals surface area (Å²) < 4.78 is 43.9. The molecule has 0 atom stereocenters. The summed E-state index contributed by atoms with van der Waals surface area (Å²) in [6.45, 7) is -3.18. The number of nitrogens with zero attached hydrogens (tertiary/aromatic N) is 5. The number of halogens is 3. The highest BCUT2D eigenvalue weighted by molar-refractivity contribution is 5.79. The monoisotopic (exact) mass is 365 g/mol. The Morgan fingerprint density at radius 1 is 1.31 bits per heavy atom. The molecule has 0 fully saturated rings. The summed E-state index contributed by atoms with van der Waals surface area (Å²) >= 11 is 0. The molecule has 3 aromatic rings. The van der Waals surface area contributed by atoms with Gasteiger partial charge in [0.2, 0.25) is 5.91 Å². The van der Waals surface area contributed by atoms with Gasteiger partial charge in [-0.3, -0.25) is 4.79 Å². The second-order valence-electron chi connectivity index (χ2n) is 5.58. The molecule has 10 heteroatoms.